The number of amides is 3. The maximum absolute atomic E-state index is 14.3. The van der Waals surface area contributed by atoms with E-state index in [2.05, 4.69) is 15.3 Å². The van der Waals surface area contributed by atoms with Gasteiger partial charge in [-0.3, -0.25) is 19.7 Å². The summed E-state index contributed by atoms with van der Waals surface area (Å²) in [5.74, 6) is 0.209. The van der Waals surface area contributed by atoms with Crippen molar-refractivity contribution in [2.24, 2.45) is 0 Å². The summed E-state index contributed by atoms with van der Waals surface area (Å²) >= 11 is 1.23. The molecule has 2 aliphatic rings. The third kappa shape index (κ3) is 7.74. The van der Waals surface area contributed by atoms with Crippen LogP contribution in [0.1, 0.15) is 46.3 Å². The van der Waals surface area contributed by atoms with E-state index in [0.717, 1.165) is 22.8 Å². The first-order valence-electron chi connectivity index (χ1n) is 17.2. The van der Waals surface area contributed by atoms with Crippen molar-refractivity contribution in [1.82, 2.24) is 20.2 Å². The van der Waals surface area contributed by atoms with Crippen LogP contribution in [0.15, 0.2) is 72.9 Å². The van der Waals surface area contributed by atoms with Crippen LogP contribution in [-0.2, 0) is 33.5 Å². The summed E-state index contributed by atoms with van der Waals surface area (Å²) in [6.07, 6.45) is -1.10. The maximum Gasteiger partial charge on any atom is 0.417 e. The van der Waals surface area contributed by atoms with Crippen LogP contribution in [0.25, 0.3) is 31.9 Å². The summed E-state index contributed by atoms with van der Waals surface area (Å²) in [7, 11) is 3.69. The predicted octanol–water partition coefficient (Wildman–Crippen LogP) is 6.90. The van der Waals surface area contributed by atoms with Gasteiger partial charge >= 0.3 is 6.18 Å². The zero-order chi connectivity index (χ0) is 37.3. The first-order valence-corrected chi connectivity index (χ1v) is 18.0. The molecule has 5 aromatic rings. The van der Waals surface area contributed by atoms with Gasteiger partial charge in [-0.2, -0.15) is 13.2 Å². The Labute approximate surface area is 307 Å². The number of fused-ring (bicyclic) bond motifs is 2. The van der Waals surface area contributed by atoms with Gasteiger partial charge in [-0.1, -0.05) is 24.3 Å². The Kier molecular flexibility index (Phi) is 10.2. The number of halogens is 3. The molecule has 1 atom stereocenters. The van der Waals surface area contributed by atoms with E-state index in [9.17, 15) is 27.6 Å². The third-order valence-corrected chi connectivity index (χ3v) is 10.4. The van der Waals surface area contributed by atoms with Gasteiger partial charge in [-0.15, -0.1) is 11.3 Å². The van der Waals surface area contributed by atoms with E-state index < -0.39 is 23.7 Å². The molecule has 4 heterocycles. The lowest BCUT2D eigenvalue weighted by Gasteiger charge is -2.29. The van der Waals surface area contributed by atoms with Gasteiger partial charge in [-0.25, -0.2) is 9.97 Å². The van der Waals surface area contributed by atoms with Gasteiger partial charge in [-0.05, 0) is 72.9 Å². The Balaban J connectivity index is 0.924. The third-order valence-electron chi connectivity index (χ3n) is 9.33. The second-order valence-electron chi connectivity index (χ2n) is 13.1. The molecule has 53 heavy (non-hydrogen) atoms. The fraction of sp³-hybridized carbons (Fsp3) is 0.308. The minimum atomic E-state index is -4.57. The number of imide groups is 1. The van der Waals surface area contributed by atoms with Crippen molar-refractivity contribution >= 4 is 45.1 Å². The van der Waals surface area contributed by atoms with Crippen molar-refractivity contribution in [3.05, 3.63) is 95.2 Å². The Bertz CT molecular complexity index is 2190. The number of alkyl halides is 3. The van der Waals surface area contributed by atoms with Crippen molar-refractivity contribution in [1.29, 1.82) is 0 Å². The summed E-state index contributed by atoms with van der Waals surface area (Å²) in [6, 6.07) is 18.1. The predicted molar refractivity (Wildman–Crippen MR) is 195 cm³/mol. The molecule has 0 spiro atoms. The highest BCUT2D eigenvalue weighted by Crippen LogP contribution is 2.42. The topological polar surface area (TPSA) is 114 Å². The average molecular weight is 744 g/mol. The van der Waals surface area contributed by atoms with E-state index in [1.807, 2.05) is 37.2 Å². The molecule has 10 nitrogen and oxygen atoms in total. The Morgan fingerprint density at radius 2 is 1.79 bits per heavy atom. The number of hydrogen-bond donors (Lipinski definition) is 1. The standard InChI is InChI=1S/C39H36F3N5O5S/c1-46(2)34-14-10-25(21-43-34)24-9-11-27(29(20-24)39(40,41)42)37-44-30-12-8-23(19-33(30)53-37)5-4-16-51-17-18-52-32-7-3-6-26-28(32)22-47(38(26)50)31-13-15-35(48)45-36(31)49/h3,6-12,14,19-21,31H,4-5,13,15-18,22H2,1-2H3,(H,45,48,49). The molecule has 0 radical (unpaired) electrons. The highest BCUT2D eigenvalue weighted by atomic mass is 32.1. The lowest BCUT2D eigenvalue weighted by molar-refractivity contribution is -0.138. The molecule has 2 aliphatic heterocycles. The minimum Gasteiger partial charge on any atom is -0.491 e. The van der Waals surface area contributed by atoms with E-state index in [4.69, 9.17) is 9.47 Å². The number of benzene rings is 3. The number of nitrogens with zero attached hydrogens (tertiary/aromatic N) is 4. The number of carbonyl (C=O) groups excluding carboxylic acids is 3. The van der Waals surface area contributed by atoms with Crippen molar-refractivity contribution in [2.75, 3.05) is 38.8 Å². The molecule has 1 fully saturated rings. The zero-order valence-corrected chi connectivity index (χ0v) is 29.9. The number of aryl methyl sites for hydroxylation is 1. The first-order chi connectivity index (χ1) is 25.5. The molecule has 0 bridgehead atoms. The number of thiazole rings is 1. The molecule has 7 rings (SSSR count). The lowest BCUT2D eigenvalue weighted by Crippen LogP contribution is -2.52. The van der Waals surface area contributed by atoms with Crippen molar-refractivity contribution in [2.45, 2.75) is 44.4 Å². The molecule has 274 valence electrons. The van der Waals surface area contributed by atoms with Crippen LogP contribution in [0.3, 0.4) is 0 Å². The highest BCUT2D eigenvalue weighted by Gasteiger charge is 2.40. The molecule has 3 amide bonds. The molecule has 0 aliphatic carbocycles. The van der Waals surface area contributed by atoms with Gasteiger partial charge in [0.05, 0.1) is 28.9 Å². The van der Waals surface area contributed by atoms with E-state index in [1.165, 1.54) is 22.3 Å². The van der Waals surface area contributed by atoms with Crippen LogP contribution in [0, 0.1) is 0 Å². The average Bonchev–Trinajstić information content (AvgIpc) is 3.71. The number of pyridine rings is 1. The Morgan fingerprint density at radius 1 is 0.962 bits per heavy atom. The van der Waals surface area contributed by atoms with Gasteiger partial charge in [0.25, 0.3) is 5.91 Å². The number of ether oxygens (including phenoxy) is 2. The number of piperidine rings is 1. The molecule has 0 saturated carbocycles. The lowest BCUT2D eigenvalue weighted by atomic mass is 10.00. The van der Waals surface area contributed by atoms with Gasteiger partial charge in [0, 0.05) is 55.6 Å². The van der Waals surface area contributed by atoms with Crippen molar-refractivity contribution in [3.63, 3.8) is 0 Å². The SMILES string of the molecule is CN(C)c1ccc(-c2ccc(-c3nc4ccc(CCCOCCOc5cccc6c5CN(C5CCC(=O)NC5=O)C6=O)cc4s3)c(C(F)(F)F)c2)cn1. The molecular weight excluding hydrogens is 708 g/mol. The molecular formula is C39H36F3N5O5S. The second-order valence-corrected chi connectivity index (χ2v) is 14.2. The van der Waals surface area contributed by atoms with Gasteiger partial charge in [0.2, 0.25) is 11.8 Å². The number of carbonyl (C=O) groups is 3. The number of hydrogen-bond acceptors (Lipinski definition) is 9. The molecule has 2 aromatic heterocycles. The second kappa shape index (κ2) is 15.0. The van der Waals surface area contributed by atoms with Crippen LogP contribution < -0.4 is 15.0 Å². The molecule has 1 N–H and O–H groups in total. The monoisotopic (exact) mass is 743 g/mol. The summed E-state index contributed by atoms with van der Waals surface area (Å²) < 4.78 is 55.5. The Morgan fingerprint density at radius 3 is 2.55 bits per heavy atom. The quantitative estimate of drug-likeness (QED) is 0.109. The normalized spacial score (nSPS) is 15.9. The summed E-state index contributed by atoms with van der Waals surface area (Å²) in [4.78, 5) is 49.2. The maximum atomic E-state index is 14.3. The minimum absolute atomic E-state index is 0.0381. The largest absolute Gasteiger partial charge is 0.491 e. The number of nitrogens with one attached hydrogen (secondary N) is 1. The van der Waals surface area contributed by atoms with E-state index in [0.29, 0.717) is 64.0 Å². The fourth-order valence-corrected chi connectivity index (χ4v) is 7.66. The summed E-state index contributed by atoms with van der Waals surface area (Å²) in [5, 5.41) is 2.61. The van der Waals surface area contributed by atoms with Crippen LogP contribution in [-0.4, -0.2) is 72.5 Å². The highest BCUT2D eigenvalue weighted by molar-refractivity contribution is 7.21. The number of anilines is 1. The van der Waals surface area contributed by atoms with E-state index >= 15 is 0 Å². The van der Waals surface area contributed by atoms with Crippen molar-refractivity contribution in [3.8, 4) is 27.4 Å². The smallest absolute Gasteiger partial charge is 0.417 e. The number of aromatic nitrogens is 2. The fourth-order valence-electron chi connectivity index (χ4n) is 6.59. The molecule has 3 aromatic carbocycles. The molecule has 1 unspecified atom stereocenters. The van der Waals surface area contributed by atoms with Gasteiger partial charge < -0.3 is 19.3 Å². The van der Waals surface area contributed by atoms with Crippen molar-refractivity contribution < 1.29 is 37.0 Å². The van der Waals surface area contributed by atoms with Gasteiger partial charge in [0.15, 0.2) is 0 Å². The van der Waals surface area contributed by atoms with Crippen LogP contribution in [0.4, 0.5) is 19.0 Å². The summed E-state index contributed by atoms with van der Waals surface area (Å²) in [5.41, 5.74) is 3.16. The number of rotatable bonds is 12. The molecule has 14 heteroatoms. The molecule has 1 saturated heterocycles. The Hall–Kier alpha value is -5.34. The van der Waals surface area contributed by atoms with Crippen LogP contribution >= 0.6 is 11.3 Å². The van der Waals surface area contributed by atoms with Crippen LogP contribution in [0.5, 0.6) is 5.75 Å². The van der Waals surface area contributed by atoms with E-state index in [-0.39, 0.29) is 43.4 Å². The first kappa shape index (κ1) is 36.0. The van der Waals surface area contributed by atoms with Crippen LogP contribution in [0.2, 0.25) is 0 Å². The van der Waals surface area contributed by atoms with Gasteiger partial charge in [0.1, 0.15) is 29.2 Å². The summed E-state index contributed by atoms with van der Waals surface area (Å²) in [6.45, 7) is 1.28. The zero-order valence-electron chi connectivity index (χ0n) is 29.0. The van der Waals surface area contributed by atoms with E-state index in [1.54, 1.807) is 42.6 Å².